The quantitative estimate of drug-likeness (QED) is 0.677. The molecule has 114 valence electrons. The number of anilines is 1. The lowest BCUT2D eigenvalue weighted by Gasteiger charge is -1.99. The minimum atomic E-state index is -0.967. The predicted molar refractivity (Wildman–Crippen MR) is 86.9 cm³/mol. The molecule has 0 fully saturated rings. The number of aromatic amines is 1. The molecular weight excluding hydrogens is 296 g/mol. The molecule has 0 aliphatic rings. The summed E-state index contributed by atoms with van der Waals surface area (Å²) in [7, 11) is 0. The molecule has 0 saturated carbocycles. The first-order valence-electron chi connectivity index (χ1n) is 6.70. The van der Waals surface area contributed by atoms with Gasteiger partial charge in [-0.1, -0.05) is 24.3 Å². The molecule has 0 aliphatic heterocycles. The van der Waals surface area contributed by atoms with E-state index in [1.165, 1.54) is 12.1 Å². The summed E-state index contributed by atoms with van der Waals surface area (Å²) < 4.78 is 0. The number of carbonyl (C=O) groups is 1. The van der Waals surface area contributed by atoms with Crippen molar-refractivity contribution in [1.82, 2.24) is 15.0 Å². The maximum absolute atomic E-state index is 11.8. The second kappa shape index (κ2) is 5.72. The zero-order valence-corrected chi connectivity index (χ0v) is 11.9. The SMILES string of the molecule is Nc1nc2ncc(C=Cc3ccc(C(=O)O)cc3)cc2c(=O)[nH]1. The van der Waals surface area contributed by atoms with Crippen molar-refractivity contribution in [2.24, 2.45) is 0 Å². The molecule has 0 aliphatic carbocycles. The van der Waals surface area contributed by atoms with Crippen LogP contribution in [0.25, 0.3) is 23.2 Å². The molecule has 0 saturated heterocycles. The fraction of sp³-hybridized carbons (Fsp3) is 0. The number of pyridine rings is 1. The highest BCUT2D eigenvalue weighted by Crippen LogP contribution is 2.12. The summed E-state index contributed by atoms with van der Waals surface area (Å²) in [5.74, 6) is -0.943. The molecule has 1 aromatic carbocycles. The molecule has 0 radical (unpaired) electrons. The van der Waals surface area contributed by atoms with Crippen LogP contribution < -0.4 is 11.3 Å². The van der Waals surface area contributed by atoms with Crippen LogP contribution in [0.1, 0.15) is 21.5 Å². The Balaban J connectivity index is 1.91. The number of aromatic carboxylic acids is 1. The second-order valence-corrected chi connectivity index (χ2v) is 4.85. The zero-order valence-electron chi connectivity index (χ0n) is 11.9. The van der Waals surface area contributed by atoms with Gasteiger partial charge in [-0.25, -0.2) is 9.78 Å². The molecule has 3 rings (SSSR count). The fourth-order valence-electron chi connectivity index (χ4n) is 2.08. The van der Waals surface area contributed by atoms with E-state index in [1.807, 2.05) is 0 Å². The molecule has 23 heavy (non-hydrogen) atoms. The lowest BCUT2D eigenvalue weighted by molar-refractivity contribution is 0.0697. The Bertz CT molecular complexity index is 975. The van der Waals surface area contributed by atoms with Crippen molar-refractivity contribution in [2.45, 2.75) is 0 Å². The van der Waals surface area contributed by atoms with Crippen LogP contribution in [0, 0.1) is 0 Å². The third kappa shape index (κ3) is 3.08. The van der Waals surface area contributed by atoms with Gasteiger partial charge in [-0.15, -0.1) is 0 Å². The van der Waals surface area contributed by atoms with Crippen molar-refractivity contribution in [3.05, 3.63) is 63.6 Å². The van der Waals surface area contributed by atoms with Crippen molar-refractivity contribution in [2.75, 3.05) is 5.73 Å². The Labute approximate surface area is 130 Å². The van der Waals surface area contributed by atoms with Gasteiger partial charge in [0.25, 0.3) is 5.56 Å². The molecule has 0 amide bonds. The van der Waals surface area contributed by atoms with Crippen molar-refractivity contribution in [1.29, 1.82) is 0 Å². The number of H-pyrrole nitrogens is 1. The van der Waals surface area contributed by atoms with Gasteiger partial charge in [0.1, 0.15) is 0 Å². The van der Waals surface area contributed by atoms with Crippen LogP contribution in [0.15, 0.2) is 41.3 Å². The summed E-state index contributed by atoms with van der Waals surface area (Å²) >= 11 is 0. The highest BCUT2D eigenvalue weighted by Gasteiger charge is 2.04. The molecule has 4 N–H and O–H groups in total. The number of nitrogens with zero attached hydrogens (tertiary/aromatic N) is 2. The predicted octanol–water partition coefficient (Wildman–Crippen LogP) is 1.77. The van der Waals surface area contributed by atoms with E-state index in [-0.39, 0.29) is 22.7 Å². The van der Waals surface area contributed by atoms with Crippen LogP contribution in [0.5, 0.6) is 0 Å². The smallest absolute Gasteiger partial charge is 0.335 e. The number of carboxylic acid groups (broad SMARTS) is 1. The molecular formula is C16H12N4O3. The molecule has 0 bridgehead atoms. The van der Waals surface area contributed by atoms with Gasteiger partial charge in [-0.05, 0) is 29.3 Å². The van der Waals surface area contributed by atoms with E-state index in [0.717, 1.165) is 11.1 Å². The number of aromatic nitrogens is 3. The number of rotatable bonds is 3. The number of nitrogens with one attached hydrogen (secondary N) is 1. The average Bonchev–Trinajstić information content (AvgIpc) is 2.53. The molecule has 0 atom stereocenters. The van der Waals surface area contributed by atoms with E-state index in [4.69, 9.17) is 10.8 Å². The molecule has 0 spiro atoms. The third-order valence-corrected chi connectivity index (χ3v) is 3.23. The molecule has 7 nitrogen and oxygen atoms in total. The van der Waals surface area contributed by atoms with Crippen LogP contribution >= 0.6 is 0 Å². The Morgan fingerprint density at radius 3 is 2.57 bits per heavy atom. The van der Waals surface area contributed by atoms with Gasteiger partial charge in [-0.3, -0.25) is 9.78 Å². The van der Waals surface area contributed by atoms with Gasteiger partial charge >= 0.3 is 5.97 Å². The van der Waals surface area contributed by atoms with Crippen LogP contribution in [0.3, 0.4) is 0 Å². The van der Waals surface area contributed by atoms with Crippen molar-refractivity contribution in [3.63, 3.8) is 0 Å². The molecule has 2 heterocycles. The number of benzene rings is 1. The maximum Gasteiger partial charge on any atom is 0.335 e. The highest BCUT2D eigenvalue weighted by atomic mass is 16.4. The summed E-state index contributed by atoms with van der Waals surface area (Å²) in [5, 5.41) is 9.21. The summed E-state index contributed by atoms with van der Waals surface area (Å²) in [6.45, 7) is 0. The van der Waals surface area contributed by atoms with E-state index in [9.17, 15) is 9.59 Å². The number of nitrogens with two attached hydrogens (primary N) is 1. The van der Waals surface area contributed by atoms with Crippen molar-refractivity contribution >= 4 is 35.1 Å². The summed E-state index contributed by atoms with van der Waals surface area (Å²) in [6.07, 6.45) is 5.15. The van der Waals surface area contributed by atoms with Gasteiger partial charge in [0.15, 0.2) is 5.65 Å². The molecule has 7 heteroatoms. The number of carboxylic acids is 1. The molecule has 2 aromatic heterocycles. The maximum atomic E-state index is 11.8. The van der Waals surface area contributed by atoms with Crippen LogP contribution in [0.2, 0.25) is 0 Å². The lowest BCUT2D eigenvalue weighted by atomic mass is 10.1. The normalized spacial score (nSPS) is 11.1. The van der Waals surface area contributed by atoms with Crippen molar-refractivity contribution < 1.29 is 9.90 Å². The first-order valence-corrected chi connectivity index (χ1v) is 6.70. The Hall–Kier alpha value is -3.48. The van der Waals surface area contributed by atoms with Crippen LogP contribution in [-0.2, 0) is 0 Å². The van der Waals surface area contributed by atoms with E-state index in [1.54, 1.807) is 36.5 Å². The lowest BCUT2D eigenvalue weighted by Crippen LogP contribution is -2.11. The third-order valence-electron chi connectivity index (χ3n) is 3.23. The number of hydrogen-bond acceptors (Lipinski definition) is 5. The van der Waals surface area contributed by atoms with Gasteiger partial charge in [0, 0.05) is 6.20 Å². The summed E-state index contributed by atoms with van der Waals surface area (Å²) in [4.78, 5) is 33.1. The number of hydrogen-bond donors (Lipinski definition) is 3. The monoisotopic (exact) mass is 308 g/mol. The molecule has 0 unspecified atom stereocenters. The first kappa shape index (κ1) is 14.5. The van der Waals surface area contributed by atoms with Crippen molar-refractivity contribution in [3.8, 4) is 0 Å². The van der Waals surface area contributed by atoms with Gasteiger partial charge in [-0.2, -0.15) is 4.98 Å². The standard InChI is InChI=1S/C16H12N4O3/c17-16-19-13-12(14(21)20-16)7-10(8-18-13)2-1-9-3-5-11(6-4-9)15(22)23/h1-8H,(H,22,23)(H3,17,18,19,20,21). The van der Waals surface area contributed by atoms with Gasteiger partial charge in [0.2, 0.25) is 5.95 Å². The topological polar surface area (TPSA) is 122 Å². The Morgan fingerprint density at radius 2 is 1.87 bits per heavy atom. The number of fused-ring (bicyclic) bond motifs is 1. The fourth-order valence-corrected chi connectivity index (χ4v) is 2.08. The highest BCUT2D eigenvalue weighted by molar-refractivity contribution is 5.88. The van der Waals surface area contributed by atoms with E-state index >= 15 is 0 Å². The van der Waals surface area contributed by atoms with Crippen LogP contribution in [0.4, 0.5) is 5.95 Å². The van der Waals surface area contributed by atoms with Gasteiger partial charge < -0.3 is 10.8 Å². The minimum Gasteiger partial charge on any atom is -0.478 e. The van der Waals surface area contributed by atoms with E-state index in [2.05, 4.69) is 15.0 Å². The number of nitrogen functional groups attached to an aromatic ring is 1. The van der Waals surface area contributed by atoms with E-state index in [0.29, 0.717) is 5.39 Å². The molecule has 3 aromatic rings. The van der Waals surface area contributed by atoms with Gasteiger partial charge in [0.05, 0.1) is 10.9 Å². The van der Waals surface area contributed by atoms with E-state index < -0.39 is 5.97 Å². The Morgan fingerprint density at radius 1 is 1.17 bits per heavy atom. The summed E-state index contributed by atoms with van der Waals surface area (Å²) in [5.41, 5.74) is 7.19. The van der Waals surface area contributed by atoms with Crippen LogP contribution in [-0.4, -0.2) is 26.0 Å². The second-order valence-electron chi connectivity index (χ2n) is 4.85. The zero-order chi connectivity index (χ0) is 16.4. The summed E-state index contributed by atoms with van der Waals surface area (Å²) in [6, 6.07) is 8.11. The minimum absolute atomic E-state index is 0.0248. The largest absolute Gasteiger partial charge is 0.478 e. The first-order chi connectivity index (χ1) is 11.0. The average molecular weight is 308 g/mol. The Kier molecular flexibility index (Phi) is 3.60.